The van der Waals surface area contributed by atoms with Crippen LogP contribution in [0.1, 0.15) is 42.7 Å². The fourth-order valence-corrected chi connectivity index (χ4v) is 2.02. The summed E-state index contributed by atoms with van der Waals surface area (Å²) in [7, 11) is 0. The maximum absolute atomic E-state index is 12.4. The summed E-state index contributed by atoms with van der Waals surface area (Å²) in [5.74, 6) is -0.462. The number of rotatable bonds is 6. The summed E-state index contributed by atoms with van der Waals surface area (Å²) in [4.78, 5) is 15.4. The lowest BCUT2D eigenvalue weighted by atomic mass is 9.88. The lowest BCUT2D eigenvalue weighted by Crippen LogP contribution is -2.34. The predicted octanol–water partition coefficient (Wildman–Crippen LogP) is 4.03. The second-order valence-corrected chi connectivity index (χ2v) is 6.36. The van der Waals surface area contributed by atoms with Gasteiger partial charge >= 0.3 is 6.18 Å². The van der Waals surface area contributed by atoms with Gasteiger partial charge < -0.3 is 5.32 Å². The first-order valence-electron chi connectivity index (χ1n) is 6.53. The van der Waals surface area contributed by atoms with Gasteiger partial charge in [0.15, 0.2) is 0 Å². The van der Waals surface area contributed by atoms with E-state index in [-0.39, 0.29) is 11.1 Å². The van der Waals surface area contributed by atoms with Gasteiger partial charge in [0.25, 0.3) is 5.91 Å². The maximum Gasteiger partial charge on any atom is 0.417 e. The molecule has 0 aliphatic heterocycles. The summed E-state index contributed by atoms with van der Waals surface area (Å²) in [5, 5.41) is 3.60. The van der Waals surface area contributed by atoms with Crippen LogP contribution < -0.4 is 5.32 Å². The number of pyridine rings is 1. The molecular weight excluding hydrogens is 349 g/mol. The van der Waals surface area contributed by atoms with Crippen LogP contribution in [-0.2, 0) is 6.18 Å². The highest BCUT2D eigenvalue weighted by Crippen LogP contribution is 2.28. The molecule has 118 valence electrons. The third kappa shape index (κ3) is 6.03. The van der Waals surface area contributed by atoms with E-state index in [0.717, 1.165) is 30.3 Å². The van der Waals surface area contributed by atoms with Crippen LogP contribution in [0.2, 0.25) is 0 Å². The quantitative estimate of drug-likeness (QED) is 0.772. The molecule has 0 atom stereocenters. The summed E-state index contributed by atoms with van der Waals surface area (Å²) in [6, 6.07) is 1.95. The van der Waals surface area contributed by atoms with Crippen LogP contribution in [-0.4, -0.2) is 22.8 Å². The fourth-order valence-electron chi connectivity index (χ4n) is 1.74. The van der Waals surface area contributed by atoms with Crippen molar-refractivity contribution in [3.05, 3.63) is 29.6 Å². The molecule has 0 aliphatic rings. The van der Waals surface area contributed by atoms with E-state index in [0.29, 0.717) is 12.7 Å². The number of alkyl halides is 4. The van der Waals surface area contributed by atoms with Crippen molar-refractivity contribution in [1.29, 1.82) is 0 Å². The van der Waals surface area contributed by atoms with Gasteiger partial charge in [-0.1, -0.05) is 29.8 Å². The molecular formula is C14H18BrF3N2O. The summed E-state index contributed by atoms with van der Waals surface area (Å²) < 4.78 is 37.2. The monoisotopic (exact) mass is 366 g/mol. The van der Waals surface area contributed by atoms with E-state index >= 15 is 0 Å². The standard InChI is InChI=1S/C14H18BrF3N2O/c1-13(2,6-3-7-15)9-20-12(21)11-5-4-10(8-19-11)14(16,17)18/h4-5,8H,3,6-7,9H2,1-2H3,(H,20,21). The van der Waals surface area contributed by atoms with Gasteiger partial charge in [-0.3, -0.25) is 9.78 Å². The van der Waals surface area contributed by atoms with Crippen LogP contribution in [0.5, 0.6) is 0 Å². The van der Waals surface area contributed by atoms with Crippen molar-refractivity contribution in [3.63, 3.8) is 0 Å². The lowest BCUT2D eigenvalue weighted by Gasteiger charge is -2.24. The number of hydrogen-bond donors (Lipinski definition) is 1. The molecule has 0 saturated carbocycles. The maximum atomic E-state index is 12.4. The van der Waals surface area contributed by atoms with E-state index in [1.54, 1.807) is 0 Å². The molecule has 1 N–H and O–H groups in total. The Morgan fingerprint density at radius 1 is 1.33 bits per heavy atom. The Kier molecular flexibility index (Phi) is 6.19. The lowest BCUT2D eigenvalue weighted by molar-refractivity contribution is -0.137. The molecule has 0 fully saturated rings. The molecule has 0 bridgehead atoms. The van der Waals surface area contributed by atoms with Gasteiger partial charge in [0, 0.05) is 18.1 Å². The van der Waals surface area contributed by atoms with E-state index in [9.17, 15) is 18.0 Å². The van der Waals surface area contributed by atoms with Crippen molar-refractivity contribution in [2.45, 2.75) is 32.9 Å². The van der Waals surface area contributed by atoms with E-state index in [2.05, 4.69) is 26.2 Å². The number of nitrogens with one attached hydrogen (secondary N) is 1. The van der Waals surface area contributed by atoms with Crippen LogP contribution in [0.25, 0.3) is 0 Å². The molecule has 0 radical (unpaired) electrons. The first kappa shape index (κ1) is 17.9. The number of hydrogen-bond acceptors (Lipinski definition) is 2. The van der Waals surface area contributed by atoms with Crippen molar-refractivity contribution in [3.8, 4) is 0 Å². The Hall–Kier alpha value is -1.11. The second-order valence-electron chi connectivity index (χ2n) is 5.57. The predicted molar refractivity (Wildman–Crippen MR) is 78.4 cm³/mol. The van der Waals surface area contributed by atoms with Crippen molar-refractivity contribution in [2.24, 2.45) is 5.41 Å². The van der Waals surface area contributed by atoms with Crippen molar-refractivity contribution < 1.29 is 18.0 Å². The molecule has 0 saturated heterocycles. The minimum atomic E-state index is -4.44. The SMILES string of the molecule is CC(C)(CCCBr)CNC(=O)c1ccc(C(F)(F)F)cn1. The third-order valence-electron chi connectivity index (χ3n) is 3.04. The topological polar surface area (TPSA) is 42.0 Å². The molecule has 1 aromatic rings. The molecule has 0 aliphatic carbocycles. The molecule has 1 heterocycles. The van der Waals surface area contributed by atoms with Crippen LogP contribution >= 0.6 is 15.9 Å². The van der Waals surface area contributed by atoms with E-state index in [1.165, 1.54) is 0 Å². The Bertz CT molecular complexity index is 472. The largest absolute Gasteiger partial charge is 0.417 e. The first-order chi connectivity index (χ1) is 9.65. The van der Waals surface area contributed by atoms with E-state index < -0.39 is 17.6 Å². The minimum absolute atomic E-state index is 0.0145. The van der Waals surface area contributed by atoms with E-state index in [4.69, 9.17) is 0 Å². The average molecular weight is 367 g/mol. The van der Waals surface area contributed by atoms with Gasteiger partial charge in [0.05, 0.1) is 5.56 Å². The van der Waals surface area contributed by atoms with Crippen LogP contribution in [0.3, 0.4) is 0 Å². The van der Waals surface area contributed by atoms with Gasteiger partial charge in [-0.2, -0.15) is 13.2 Å². The number of carbonyl (C=O) groups excluding carboxylic acids is 1. The third-order valence-corrected chi connectivity index (χ3v) is 3.60. The molecule has 1 rings (SSSR count). The summed E-state index contributed by atoms with van der Waals surface area (Å²) in [6.07, 6.45) is -1.86. The Balaban J connectivity index is 2.60. The van der Waals surface area contributed by atoms with Gasteiger partial charge in [-0.25, -0.2) is 0 Å². The fraction of sp³-hybridized carbons (Fsp3) is 0.571. The van der Waals surface area contributed by atoms with Crippen molar-refractivity contribution in [1.82, 2.24) is 10.3 Å². The molecule has 0 aromatic carbocycles. The molecule has 1 amide bonds. The highest BCUT2D eigenvalue weighted by atomic mass is 79.9. The van der Waals surface area contributed by atoms with Crippen molar-refractivity contribution in [2.75, 3.05) is 11.9 Å². The van der Waals surface area contributed by atoms with Gasteiger partial charge in [-0.05, 0) is 30.4 Å². The number of carbonyl (C=O) groups is 1. The van der Waals surface area contributed by atoms with Gasteiger partial charge in [0.1, 0.15) is 5.69 Å². The summed E-state index contributed by atoms with van der Waals surface area (Å²) in [5.41, 5.74) is -0.953. The molecule has 7 heteroatoms. The van der Waals surface area contributed by atoms with Crippen LogP contribution in [0.4, 0.5) is 13.2 Å². The number of nitrogens with zero attached hydrogens (tertiary/aromatic N) is 1. The van der Waals surface area contributed by atoms with Crippen molar-refractivity contribution >= 4 is 21.8 Å². The smallest absolute Gasteiger partial charge is 0.350 e. The van der Waals surface area contributed by atoms with Crippen LogP contribution in [0.15, 0.2) is 18.3 Å². The summed E-state index contributed by atoms with van der Waals surface area (Å²) in [6.45, 7) is 4.49. The van der Waals surface area contributed by atoms with Gasteiger partial charge in [0.2, 0.25) is 0 Å². The first-order valence-corrected chi connectivity index (χ1v) is 7.65. The Morgan fingerprint density at radius 2 is 2.00 bits per heavy atom. The molecule has 3 nitrogen and oxygen atoms in total. The normalized spacial score (nSPS) is 12.3. The summed E-state index contributed by atoms with van der Waals surface area (Å²) >= 11 is 3.35. The number of halogens is 4. The molecule has 0 spiro atoms. The number of amides is 1. The second kappa shape index (κ2) is 7.24. The minimum Gasteiger partial charge on any atom is -0.350 e. The zero-order valence-electron chi connectivity index (χ0n) is 11.9. The zero-order valence-corrected chi connectivity index (χ0v) is 13.5. The van der Waals surface area contributed by atoms with E-state index in [1.807, 2.05) is 13.8 Å². The zero-order chi connectivity index (χ0) is 16.1. The molecule has 21 heavy (non-hydrogen) atoms. The van der Waals surface area contributed by atoms with Gasteiger partial charge in [-0.15, -0.1) is 0 Å². The highest BCUT2D eigenvalue weighted by Gasteiger charge is 2.31. The molecule has 0 unspecified atom stereocenters. The van der Waals surface area contributed by atoms with Crippen LogP contribution in [0, 0.1) is 5.41 Å². The Labute approximate surface area is 130 Å². The number of aromatic nitrogens is 1. The molecule has 1 aromatic heterocycles. The average Bonchev–Trinajstić information content (AvgIpc) is 2.42. The highest BCUT2D eigenvalue weighted by molar-refractivity contribution is 9.09. The Morgan fingerprint density at radius 3 is 2.48 bits per heavy atom.